The third-order valence-corrected chi connectivity index (χ3v) is 3.55. The molecule has 0 radical (unpaired) electrons. The SMILES string of the molecule is CC(=Cc1ccccc1)C(=O)NN1C(=O)c2ccccc2C1=O. The van der Waals surface area contributed by atoms with E-state index in [4.69, 9.17) is 0 Å². The lowest BCUT2D eigenvalue weighted by atomic mass is 10.1. The van der Waals surface area contributed by atoms with E-state index < -0.39 is 17.7 Å². The van der Waals surface area contributed by atoms with Crippen LogP contribution in [0.4, 0.5) is 0 Å². The summed E-state index contributed by atoms with van der Waals surface area (Å²) in [4.78, 5) is 36.6. The number of carbonyl (C=O) groups is 3. The molecule has 0 aromatic heterocycles. The van der Waals surface area contributed by atoms with Crippen LogP contribution >= 0.6 is 0 Å². The van der Waals surface area contributed by atoms with Crippen LogP contribution in [0.2, 0.25) is 0 Å². The predicted octanol–water partition coefficient (Wildman–Crippen LogP) is 2.42. The van der Waals surface area contributed by atoms with E-state index in [0.717, 1.165) is 10.6 Å². The fourth-order valence-electron chi connectivity index (χ4n) is 2.35. The molecule has 5 nitrogen and oxygen atoms in total. The van der Waals surface area contributed by atoms with E-state index >= 15 is 0 Å². The summed E-state index contributed by atoms with van der Waals surface area (Å²) in [6, 6.07) is 15.8. The first-order valence-electron chi connectivity index (χ1n) is 7.10. The van der Waals surface area contributed by atoms with Crippen molar-refractivity contribution in [1.82, 2.24) is 10.4 Å². The highest BCUT2D eigenvalue weighted by molar-refractivity contribution is 6.22. The lowest BCUT2D eigenvalue weighted by Crippen LogP contribution is -2.46. The lowest BCUT2D eigenvalue weighted by Gasteiger charge is -2.15. The van der Waals surface area contributed by atoms with Crippen molar-refractivity contribution in [1.29, 1.82) is 0 Å². The molecule has 1 heterocycles. The fraction of sp³-hybridized carbons (Fsp3) is 0.0556. The molecule has 3 amide bonds. The highest BCUT2D eigenvalue weighted by atomic mass is 16.2. The van der Waals surface area contributed by atoms with Crippen LogP contribution < -0.4 is 5.43 Å². The van der Waals surface area contributed by atoms with Crippen molar-refractivity contribution in [2.75, 3.05) is 0 Å². The number of nitrogens with zero attached hydrogens (tertiary/aromatic N) is 1. The maximum Gasteiger partial charge on any atom is 0.280 e. The van der Waals surface area contributed by atoms with E-state index in [2.05, 4.69) is 5.43 Å². The summed E-state index contributed by atoms with van der Waals surface area (Å²) in [6.07, 6.45) is 1.69. The molecule has 1 aliphatic heterocycles. The van der Waals surface area contributed by atoms with E-state index in [0.29, 0.717) is 16.7 Å². The fourth-order valence-corrected chi connectivity index (χ4v) is 2.35. The first-order chi connectivity index (χ1) is 11.1. The summed E-state index contributed by atoms with van der Waals surface area (Å²) in [5.41, 5.74) is 4.22. The van der Waals surface area contributed by atoms with Crippen LogP contribution in [0.5, 0.6) is 0 Å². The normalized spacial score (nSPS) is 14.0. The molecule has 5 heteroatoms. The Hall–Kier alpha value is -3.21. The Morgan fingerprint density at radius 2 is 1.43 bits per heavy atom. The Kier molecular flexibility index (Phi) is 3.76. The predicted molar refractivity (Wildman–Crippen MR) is 85.2 cm³/mol. The van der Waals surface area contributed by atoms with Crippen molar-refractivity contribution < 1.29 is 14.4 Å². The molecule has 0 saturated carbocycles. The number of fused-ring (bicyclic) bond motifs is 1. The Morgan fingerprint density at radius 1 is 0.913 bits per heavy atom. The minimum Gasteiger partial charge on any atom is -0.268 e. The van der Waals surface area contributed by atoms with Gasteiger partial charge < -0.3 is 0 Å². The van der Waals surface area contributed by atoms with Gasteiger partial charge in [0.05, 0.1) is 11.1 Å². The maximum absolute atomic E-state index is 12.2. The third-order valence-electron chi connectivity index (χ3n) is 3.55. The van der Waals surface area contributed by atoms with Gasteiger partial charge >= 0.3 is 0 Å². The summed E-state index contributed by atoms with van der Waals surface area (Å²) < 4.78 is 0. The number of carbonyl (C=O) groups excluding carboxylic acids is 3. The van der Waals surface area contributed by atoms with Gasteiger partial charge in [-0.15, -0.1) is 0 Å². The molecule has 1 N–H and O–H groups in total. The molecule has 3 rings (SSSR count). The molecule has 0 unspecified atom stereocenters. The number of nitrogens with one attached hydrogen (secondary N) is 1. The van der Waals surface area contributed by atoms with Crippen molar-refractivity contribution >= 4 is 23.8 Å². The molecular formula is C18H14N2O3. The van der Waals surface area contributed by atoms with Gasteiger partial charge in [0.25, 0.3) is 17.7 Å². The Morgan fingerprint density at radius 3 is 2.00 bits per heavy atom. The van der Waals surface area contributed by atoms with E-state index in [-0.39, 0.29) is 0 Å². The van der Waals surface area contributed by atoms with Crippen molar-refractivity contribution in [3.8, 4) is 0 Å². The number of hydrogen-bond donors (Lipinski definition) is 1. The molecule has 0 fully saturated rings. The number of hydrazine groups is 1. The van der Waals surface area contributed by atoms with Gasteiger partial charge in [-0.3, -0.25) is 19.8 Å². The molecule has 1 aliphatic rings. The zero-order valence-corrected chi connectivity index (χ0v) is 12.4. The molecule has 0 saturated heterocycles. The second kappa shape index (κ2) is 5.88. The molecule has 0 spiro atoms. The topological polar surface area (TPSA) is 66.5 Å². The Labute approximate surface area is 133 Å². The summed E-state index contributed by atoms with van der Waals surface area (Å²) in [7, 11) is 0. The van der Waals surface area contributed by atoms with Crippen molar-refractivity contribution in [2.24, 2.45) is 0 Å². The smallest absolute Gasteiger partial charge is 0.268 e. The largest absolute Gasteiger partial charge is 0.280 e. The number of rotatable bonds is 3. The minimum atomic E-state index is -0.522. The Bertz CT molecular complexity index is 790. The molecular weight excluding hydrogens is 292 g/mol. The first kappa shape index (κ1) is 14.7. The molecule has 2 aromatic carbocycles. The first-order valence-corrected chi connectivity index (χ1v) is 7.10. The molecule has 114 valence electrons. The highest BCUT2D eigenvalue weighted by Gasteiger charge is 2.36. The van der Waals surface area contributed by atoms with Crippen LogP contribution in [0.1, 0.15) is 33.2 Å². The summed E-state index contributed by atoms with van der Waals surface area (Å²) in [5.74, 6) is -1.54. The second-order valence-corrected chi connectivity index (χ2v) is 5.17. The average molecular weight is 306 g/mol. The molecule has 2 aromatic rings. The number of hydrogen-bond acceptors (Lipinski definition) is 3. The van der Waals surface area contributed by atoms with Crippen LogP contribution in [0.15, 0.2) is 60.2 Å². The van der Waals surface area contributed by atoms with Crippen LogP contribution in [-0.2, 0) is 4.79 Å². The minimum absolute atomic E-state index is 0.294. The van der Waals surface area contributed by atoms with E-state index in [1.54, 1.807) is 37.3 Å². The molecule has 0 atom stereocenters. The van der Waals surface area contributed by atoms with Crippen molar-refractivity contribution in [2.45, 2.75) is 6.92 Å². The Balaban J connectivity index is 1.78. The van der Waals surface area contributed by atoms with Gasteiger partial charge in [-0.1, -0.05) is 42.5 Å². The number of amides is 3. The van der Waals surface area contributed by atoms with E-state index in [1.165, 1.54) is 0 Å². The van der Waals surface area contributed by atoms with Gasteiger partial charge in [0, 0.05) is 5.57 Å². The second-order valence-electron chi connectivity index (χ2n) is 5.17. The zero-order chi connectivity index (χ0) is 16.4. The van der Waals surface area contributed by atoms with Crippen LogP contribution in [-0.4, -0.2) is 22.7 Å². The average Bonchev–Trinajstić information content (AvgIpc) is 2.81. The van der Waals surface area contributed by atoms with Gasteiger partial charge in [-0.2, -0.15) is 5.01 Å². The lowest BCUT2D eigenvalue weighted by molar-refractivity contribution is -0.120. The van der Waals surface area contributed by atoms with Crippen molar-refractivity contribution in [3.63, 3.8) is 0 Å². The monoisotopic (exact) mass is 306 g/mol. The summed E-state index contributed by atoms with van der Waals surface area (Å²) in [6.45, 7) is 1.63. The number of imide groups is 1. The van der Waals surface area contributed by atoms with Gasteiger partial charge in [0.2, 0.25) is 0 Å². The van der Waals surface area contributed by atoms with Gasteiger partial charge in [-0.25, -0.2) is 0 Å². The number of benzene rings is 2. The quantitative estimate of drug-likeness (QED) is 0.699. The molecule has 23 heavy (non-hydrogen) atoms. The van der Waals surface area contributed by atoms with Crippen molar-refractivity contribution in [3.05, 3.63) is 76.9 Å². The van der Waals surface area contributed by atoms with E-state index in [9.17, 15) is 14.4 Å². The summed E-state index contributed by atoms with van der Waals surface area (Å²) >= 11 is 0. The van der Waals surface area contributed by atoms with Crippen LogP contribution in [0.25, 0.3) is 6.08 Å². The highest BCUT2D eigenvalue weighted by Crippen LogP contribution is 2.21. The molecule has 0 bridgehead atoms. The standard InChI is InChI=1S/C18H14N2O3/c1-12(11-13-7-3-2-4-8-13)16(21)19-20-17(22)14-9-5-6-10-15(14)18(20)23/h2-11H,1H3,(H,19,21). The van der Waals surface area contributed by atoms with E-state index in [1.807, 2.05) is 30.3 Å². The van der Waals surface area contributed by atoms with Gasteiger partial charge in [0.15, 0.2) is 0 Å². The third kappa shape index (κ3) is 2.76. The summed E-state index contributed by atoms with van der Waals surface area (Å²) in [5, 5.41) is 0.759. The van der Waals surface area contributed by atoms with Crippen LogP contribution in [0, 0.1) is 0 Å². The van der Waals surface area contributed by atoms with Gasteiger partial charge in [0.1, 0.15) is 0 Å². The van der Waals surface area contributed by atoms with Crippen LogP contribution in [0.3, 0.4) is 0 Å². The van der Waals surface area contributed by atoms with Gasteiger partial charge in [-0.05, 0) is 30.7 Å². The zero-order valence-electron chi connectivity index (χ0n) is 12.4. The molecule has 0 aliphatic carbocycles. The maximum atomic E-state index is 12.2.